The molecule has 0 aromatic heterocycles. The highest BCUT2D eigenvalue weighted by molar-refractivity contribution is 7.89. The Morgan fingerprint density at radius 3 is 2.26 bits per heavy atom. The predicted molar refractivity (Wildman–Crippen MR) is 78.1 cm³/mol. The van der Waals surface area contributed by atoms with Gasteiger partial charge in [0.15, 0.2) is 0 Å². The Balaban J connectivity index is 2.26. The lowest BCUT2D eigenvalue weighted by molar-refractivity contribution is -0.384. The van der Waals surface area contributed by atoms with Crippen LogP contribution in [-0.4, -0.2) is 24.7 Å². The quantitative estimate of drug-likeness (QED) is 0.618. The molecule has 9 heteroatoms. The summed E-state index contributed by atoms with van der Waals surface area (Å²) < 4.78 is 52.1. The van der Waals surface area contributed by atoms with E-state index in [0.29, 0.717) is 6.07 Å². The van der Waals surface area contributed by atoms with Crippen molar-refractivity contribution >= 4 is 15.7 Å². The summed E-state index contributed by atoms with van der Waals surface area (Å²) in [7, 11) is -2.72. The molecule has 0 spiro atoms. The highest BCUT2D eigenvalue weighted by Gasteiger charge is 2.22. The molecule has 2 rings (SSSR count). The van der Waals surface area contributed by atoms with E-state index in [4.69, 9.17) is 0 Å². The van der Waals surface area contributed by atoms with E-state index < -0.39 is 26.6 Å². The van der Waals surface area contributed by atoms with Gasteiger partial charge < -0.3 is 0 Å². The number of nitrogens with zero attached hydrogens (tertiary/aromatic N) is 2. The molecule has 0 bridgehead atoms. The zero-order valence-corrected chi connectivity index (χ0v) is 12.8. The largest absolute Gasteiger partial charge is 0.269 e. The standard InChI is InChI=1S/C14H12F2N2O4S/c1-17(9-10-2-3-11(15)8-14(10)16)23(21,22)13-6-4-12(5-7-13)18(19)20/h2-8H,9H2,1H3. The van der Waals surface area contributed by atoms with Crippen molar-refractivity contribution < 1.29 is 22.1 Å². The number of hydrogen-bond acceptors (Lipinski definition) is 4. The third-order valence-corrected chi connectivity index (χ3v) is 4.98. The second kappa shape index (κ2) is 6.39. The molecule has 0 amide bonds. The van der Waals surface area contributed by atoms with Crippen molar-refractivity contribution in [1.29, 1.82) is 0 Å². The molecular formula is C14H12F2N2O4S. The minimum absolute atomic E-state index is 0.0133. The van der Waals surface area contributed by atoms with Gasteiger partial charge in [-0.05, 0) is 18.2 Å². The molecule has 0 aliphatic rings. The Kier molecular flexibility index (Phi) is 4.71. The highest BCUT2D eigenvalue weighted by Crippen LogP contribution is 2.21. The number of sulfonamides is 1. The van der Waals surface area contributed by atoms with E-state index >= 15 is 0 Å². The van der Waals surface area contributed by atoms with Crippen molar-refractivity contribution in [2.75, 3.05) is 7.05 Å². The fourth-order valence-corrected chi connectivity index (χ4v) is 3.04. The number of hydrogen-bond donors (Lipinski definition) is 0. The van der Waals surface area contributed by atoms with Crippen LogP contribution in [-0.2, 0) is 16.6 Å². The third kappa shape index (κ3) is 3.69. The smallest absolute Gasteiger partial charge is 0.258 e. The van der Waals surface area contributed by atoms with Crippen molar-refractivity contribution in [3.63, 3.8) is 0 Å². The Labute approximate surface area is 131 Å². The lowest BCUT2D eigenvalue weighted by Gasteiger charge is -2.17. The van der Waals surface area contributed by atoms with Crippen LogP contribution in [0.15, 0.2) is 47.4 Å². The molecule has 0 heterocycles. The fourth-order valence-electron chi connectivity index (χ4n) is 1.89. The fraction of sp³-hybridized carbons (Fsp3) is 0.143. The number of benzene rings is 2. The summed E-state index contributed by atoms with van der Waals surface area (Å²) in [4.78, 5) is 9.77. The SMILES string of the molecule is CN(Cc1ccc(F)cc1F)S(=O)(=O)c1ccc([N+](=O)[O-])cc1. The number of rotatable bonds is 5. The summed E-state index contributed by atoms with van der Waals surface area (Å²) in [5.74, 6) is -1.61. The molecule has 0 fully saturated rings. The van der Waals surface area contributed by atoms with Crippen LogP contribution < -0.4 is 0 Å². The van der Waals surface area contributed by atoms with Crippen LogP contribution in [0.25, 0.3) is 0 Å². The molecule has 0 atom stereocenters. The average Bonchev–Trinajstić information content (AvgIpc) is 2.50. The summed E-state index contributed by atoms with van der Waals surface area (Å²) in [6, 6.07) is 7.20. The normalized spacial score (nSPS) is 11.7. The number of halogens is 2. The van der Waals surface area contributed by atoms with Gasteiger partial charge in [-0.2, -0.15) is 4.31 Å². The van der Waals surface area contributed by atoms with Gasteiger partial charge in [0.25, 0.3) is 5.69 Å². The lowest BCUT2D eigenvalue weighted by Crippen LogP contribution is -2.27. The second-order valence-electron chi connectivity index (χ2n) is 4.75. The van der Waals surface area contributed by atoms with Crippen LogP contribution in [0, 0.1) is 21.7 Å². The van der Waals surface area contributed by atoms with E-state index in [-0.39, 0.29) is 22.7 Å². The van der Waals surface area contributed by atoms with Gasteiger partial charge in [0.05, 0.1) is 9.82 Å². The first-order valence-corrected chi connectivity index (χ1v) is 7.80. The van der Waals surface area contributed by atoms with Gasteiger partial charge in [0.1, 0.15) is 11.6 Å². The second-order valence-corrected chi connectivity index (χ2v) is 6.79. The van der Waals surface area contributed by atoms with E-state index in [2.05, 4.69) is 0 Å². The average molecular weight is 342 g/mol. The van der Waals surface area contributed by atoms with Crippen molar-refractivity contribution in [3.8, 4) is 0 Å². The molecule has 0 saturated carbocycles. The van der Waals surface area contributed by atoms with Crippen molar-refractivity contribution in [2.45, 2.75) is 11.4 Å². The summed E-state index contributed by atoms with van der Waals surface area (Å²) in [5.41, 5.74) is -0.226. The number of non-ortho nitro benzene ring substituents is 1. The first-order valence-electron chi connectivity index (χ1n) is 6.36. The van der Waals surface area contributed by atoms with Crippen LogP contribution in [0.1, 0.15) is 5.56 Å². The Morgan fingerprint density at radius 1 is 1.13 bits per heavy atom. The first kappa shape index (κ1) is 17.0. The molecule has 2 aromatic rings. The lowest BCUT2D eigenvalue weighted by atomic mass is 10.2. The van der Waals surface area contributed by atoms with E-state index in [0.717, 1.165) is 40.7 Å². The molecule has 0 radical (unpaired) electrons. The minimum atomic E-state index is -3.96. The highest BCUT2D eigenvalue weighted by atomic mass is 32.2. The Morgan fingerprint density at radius 2 is 1.74 bits per heavy atom. The molecule has 23 heavy (non-hydrogen) atoms. The van der Waals surface area contributed by atoms with Gasteiger partial charge in [-0.3, -0.25) is 10.1 Å². The van der Waals surface area contributed by atoms with Gasteiger partial charge in [0.2, 0.25) is 10.0 Å². The van der Waals surface area contributed by atoms with Gasteiger partial charge in [0, 0.05) is 37.4 Å². The van der Waals surface area contributed by atoms with Gasteiger partial charge in [-0.25, -0.2) is 17.2 Å². The van der Waals surface area contributed by atoms with Gasteiger partial charge >= 0.3 is 0 Å². The summed E-state index contributed by atoms with van der Waals surface area (Å²) in [6.07, 6.45) is 0. The molecule has 0 aliphatic carbocycles. The Bertz CT molecular complexity index is 838. The van der Waals surface area contributed by atoms with Crippen LogP contribution in [0.5, 0.6) is 0 Å². The molecule has 122 valence electrons. The minimum Gasteiger partial charge on any atom is -0.258 e. The van der Waals surface area contributed by atoms with Gasteiger partial charge in [-0.15, -0.1) is 0 Å². The summed E-state index contributed by atoms with van der Waals surface area (Å²) in [5, 5.41) is 10.6. The first-order chi connectivity index (χ1) is 10.7. The predicted octanol–water partition coefficient (Wildman–Crippen LogP) is 2.69. The maximum absolute atomic E-state index is 13.6. The van der Waals surface area contributed by atoms with E-state index in [9.17, 15) is 27.3 Å². The van der Waals surface area contributed by atoms with E-state index in [1.54, 1.807) is 0 Å². The van der Waals surface area contributed by atoms with Crippen molar-refractivity contribution in [2.24, 2.45) is 0 Å². The third-order valence-electron chi connectivity index (χ3n) is 3.16. The monoisotopic (exact) mass is 342 g/mol. The van der Waals surface area contributed by atoms with Crippen LogP contribution >= 0.6 is 0 Å². The van der Waals surface area contributed by atoms with Gasteiger partial charge in [-0.1, -0.05) is 6.07 Å². The van der Waals surface area contributed by atoms with Crippen molar-refractivity contribution in [3.05, 3.63) is 69.8 Å². The van der Waals surface area contributed by atoms with Crippen LogP contribution in [0.4, 0.5) is 14.5 Å². The zero-order valence-electron chi connectivity index (χ0n) is 11.9. The molecule has 0 N–H and O–H groups in total. The molecule has 2 aromatic carbocycles. The zero-order chi connectivity index (χ0) is 17.2. The number of nitro groups is 1. The maximum Gasteiger partial charge on any atom is 0.269 e. The van der Waals surface area contributed by atoms with E-state index in [1.165, 1.54) is 7.05 Å². The Hall–Kier alpha value is -2.39. The molecule has 6 nitrogen and oxygen atoms in total. The van der Waals surface area contributed by atoms with E-state index in [1.807, 2.05) is 0 Å². The maximum atomic E-state index is 13.6. The topological polar surface area (TPSA) is 80.5 Å². The van der Waals surface area contributed by atoms with Crippen LogP contribution in [0.2, 0.25) is 0 Å². The number of nitro benzene ring substituents is 1. The summed E-state index contributed by atoms with van der Waals surface area (Å²) >= 11 is 0. The molecule has 0 aliphatic heterocycles. The molecule has 0 unspecified atom stereocenters. The van der Waals surface area contributed by atoms with Crippen molar-refractivity contribution in [1.82, 2.24) is 4.31 Å². The van der Waals surface area contributed by atoms with Crippen LogP contribution in [0.3, 0.4) is 0 Å². The molecule has 0 saturated heterocycles. The summed E-state index contributed by atoms with van der Waals surface area (Å²) in [6.45, 7) is -0.300. The molecular weight excluding hydrogens is 330 g/mol.